The third-order valence-corrected chi connectivity index (χ3v) is 4.37. The molecule has 1 aromatic carbocycles. The molecule has 3 rings (SSSR count). The summed E-state index contributed by atoms with van der Waals surface area (Å²) in [5.41, 5.74) is 5.80. The lowest BCUT2D eigenvalue weighted by Gasteiger charge is -2.37. The number of hydrogen-bond donors (Lipinski definition) is 0. The van der Waals surface area contributed by atoms with Crippen LogP contribution < -0.4 is 4.90 Å². The molecule has 0 bridgehead atoms. The van der Waals surface area contributed by atoms with Gasteiger partial charge in [0.2, 0.25) is 0 Å². The fourth-order valence-electron chi connectivity index (χ4n) is 3.41. The fraction of sp³-hybridized carbons (Fsp3) is 0.300. The van der Waals surface area contributed by atoms with Crippen molar-refractivity contribution in [3.05, 3.63) is 58.7 Å². The summed E-state index contributed by atoms with van der Waals surface area (Å²) < 4.78 is 0. The summed E-state index contributed by atoms with van der Waals surface area (Å²) in [4.78, 5) is 2.54. The molecule has 3 heteroatoms. The van der Waals surface area contributed by atoms with Gasteiger partial charge in [-0.25, -0.2) is 0 Å². The average molecular weight is 301 g/mol. The Morgan fingerprint density at radius 2 is 1.61 bits per heavy atom. The lowest BCUT2D eigenvalue weighted by Crippen LogP contribution is -2.34. The van der Waals surface area contributed by atoms with Gasteiger partial charge in [-0.2, -0.15) is 10.5 Å². The number of rotatable bonds is 3. The van der Waals surface area contributed by atoms with Crippen molar-refractivity contribution in [3.63, 3.8) is 0 Å². The van der Waals surface area contributed by atoms with Gasteiger partial charge in [0.25, 0.3) is 0 Å². The largest absolute Gasteiger partial charge is 0.371 e. The van der Waals surface area contributed by atoms with E-state index in [1.807, 2.05) is 24.3 Å². The van der Waals surface area contributed by atoms with Crippen molar-refractivity contribution < 1.29 is 0 Å². The number of nitriles is 2. The van der Waals surface area contributed by atoms with Crippen molar-refractivity contribution in [2.75, 3.05) is 18.0 Å². The highest BCUT2D eigenvalue weighted by Crippen LogP contribution is 2.36. The fourth-order valence-corrected chi connectivity index (χ4v) is 3.41. The zero-order chi connectivity index (χ0) is 16.1. The molecule has 0 fully saturated rings. The number of allylic oxidation sites excluding steroid dienone is 5. The molecular formula is C20H19N3. The summed E-state index contributed by atoms with van der Waals surface area (Å²) in [6.45, 7) is 2.40. The maximum Gasteiger partial charge on any atom is 0.129 e. The molecule has 23 heavy (non-hydrogen) atoms. The van der Waals surface area contributed by atoms with Crippen molar-refractivity contribution in [2.24, 2.45) is 0 Å². The van der Waals surface area contributed by atoms with Gasteiger partial charge in [0.15, 0.2) is 0 Å². The smallest absolute Gasteiger partial charge is 0.129 e. The Bertz CT molecular complexity index is 722. The number of hydrogen-bond acceptors (Lipinski definition) is 3. The van der Waals surface area contributed by atoms with Gasteiger partial charge in [-0.3, -0.25) is 0 Å². The van der Waals surface area contributed by atoms with Crippen molar-refractivity contribution in [1.29, 1.82) is 10.5 Å². The summed E-state index contributed by atoms with van der Waals surface area (Å²) in [5, 5.41) is 17.3. The lowest BCUT2D eigenvalue weighted by molar-refractivity contribution is 0.634. The molecule has 3 nitrogen and oxygen atoms in total. The number of nitrogens with zero attached hydrogens (tertiary/aromatic N) is 3. The van der Waals surface area contributed by atoms with Crippen molar-refractivity contribution in [1.82, 2.24) is 0 Å². The SMILES string of the molecule is N#CC(C#N)=C/C=C/C=C/c1cc2c3c(c1)CCCN3CCC2. The molecule has 0 aromatic heterocycles. The Hall–Kier alpha value is -2.78. The van der Waals surface area contributed by atoms with Gasteiger partial charge in [-0.1, -0.05) is 24.3 Å². The van der Waals surface area contributed by atoms with Crippen molar-refractivity contribution in [3.8, 4) is 12.1 Å². The van der Waals surface area contributed by atoms with E-state index in [0.717, 1.165) is 0 Å². The van der Waals surface area contributed by atoms with Gasteiger partial charge >= 0.3 is 0 Å². The highest BCUT2D eigenvalue weighted by Gasteiger charge is 2.23. The molecule has 2 aliphatic rings. The summed E-state index contributed by atoms with van der Waals surface area (Å²) in [6.07, 6.45) is 14.0. The average Bonchev–Trinajstić information content (AvgIpc) is 2.59. The van der Waals surface area contributed by atoms with Crippen molar-refractivity contribution >= 4 is 11.8 Å². The van der Waals surface area contributed by atoms with E-state index in [1.165, 1.54) is 67.2 Å². The minimum Gasteiger partial charge on any atom is -0.371 e. The Balaban J connectivity index is 1.79. The van der Waals surface area contributed by atoms with E-state index in [1.54, 1.807) is 6.08 Å². The molecule has 0 saturated heterocycles. The Morgan fingerprint density at radius 1 is 0.957 bits per heavy atom. The van der Waals surface area contributed by atoms with Gasteiger partial charge in [0.1, 0.15) is 17.7 Å². The third kappa shape index (κ3) is 3.35. The van der Waals surface area contributed by atoms with Crippen LogP contribution in [0.25, 0.3) is 6.08 Å². The first-order chi connectivity index (χ1) is 11.3. The Labute approximate surface area is 137 Å². The zero-order valence-corrected chi connectivity index (χ0v) is 13.1. The van der Waals surface area contributed by atoms with E-state index in [2.05, 4.69) is 23.1 Å². The summed E-state index contributed by atoms with van der Waals surface area (Å²) in [6, 6.07) is 8.28. The topological polar surface area (TPSA) is 50.8 Å². The summed E-state index contributed by atoms with van der Waals surface area (Å²) in [5.74, 6) is 0. The molecule has 0 saturated carbocycles. The van der Waals surface area contributed by atoms with Crippen LogP contribution in [-0.2, 0) is 12.8 Å². The molecule has 0 amide bonds. The molecular weight excluding hydrogens is 282 g/mol. The highest BCUT2D eigenvalue weighted by molar-refractivity contribution is 5.68. The maximum absolute atomic E-state index is 8.66. The standard InChI is InChI=1S/C20H19N3/c21-14-17(15-22)7-3-1-2-6-16-12-18-8-4-10-23-11-5-9-19(13-16)20(18)23/h1-3,6-7,12-13H,4-5,8-11H2/b3-1+,6-2+. The first kappa shape index (κ1) is 15.1. The van der Waals surface area contributed by atoms with Gasteiger partial charge in [0, 0.05) is 18.8 Å². The number of anilines is 1. The molecule has 0 spiro atoms. The zero-order valence-electron chi connectivity index (χ0n) is 13.1. The number of benzene rings is 1. The minimum atomic E-state index is 0.118. The summed E-state index contributed by atoms with van der Waals surface area (Å²) >= 11 is 0. The van der Waals surface area contributed by atoms with E-state index in [9.17, 15) is 0 Å². The Kier molecular flexibility index (Phi) is 4.60. The molecule has 2 aliphatic heterocycles. The number of aryl methyl sites for hydroxylation is 2. The van der Waals surface area contributed by atoms with Gasteiger partial charge in [0.05, 0.1) is 0 Å². The predicted octanol–water partition coefficient (Wildman–Crippen LogP) is 3.93. The van der Waals surface area contributed by atoms with Crippen LogP contribution in [0.3, 0.4) is 0 Å². The quantitative estimate of drug-likeness (QED) is 0.628. The summed E-state index contributed by atoms with van der Waals surface area (Å²) in [7, 11) is 0. The second-order valence-electron chi connectivity index (χ2n) is 5.93. The van der Waals surface area contributed by atoms with E-state index < -0.39 is 0 Å². The van der Waals surface area contributed by atoms with Gasteiger partial charge in [-0.15, -0.1) is 0 Å². The normalized spacial score (nSPS) is 16.0. The van der Waals surface area contributed by atoms with Crippen LogP contribution >= 0.6 is 0 Å². The minimum absolute atomic E-state index is 0.118. The molecule has 2 heterocycles. The molecule has 0 radical (unpaired) electrons. The second kappa shape index (κ2) is 6.99. The Morgan fingerprint density at radius 3 is 2.22 bits per heavy atom. The molecule has 0 atom stereocenters. The highest BCUT2D eigenvalue weighted by atomic mass is 15.1. The molecule has 0 N–H and O–H groups in total. The van der Waals surface area contributed by atoms with Crippen LogP contribution in [0.5, 0.6) is 0 Å². The van der Waals surface area contributed by atoms with Crippen LogP contribution in [0.2, 0.25) is 0 Å². The van der Waals surface area contributed by atoms with Crippen LogP contribution in [0, 0.1) is 22.7 Å². The molecule has 114 valence electrons. The van der Waals surface area contributed by atoms with E-state index in [-0.39, 0.29) is 5.57 Å². The van der Waals surface area contributed by atoms with Gasteiger partial charge < -0.3 is 4.90 Å². The lowest BCUT2D eigenvalue weighted by atomic mass is 9.90. The van der Waals surface area contributed by atoms with Crippen LogP contribution in [0.15, 0.2) is 42.0 Å². The molecule has 0 unspecified atom stereocenters. The van der Waals surface area contributed by atoms with E-state index in [4.69, 9.17) is 10.5 Å². The van der Waals surface area contributed by atoms with E-state index >= 15 is 0 Å². The maximum atomic E-state index is 8.66. The van der Waals surface area contributed by atoms with Crippen LogP contribution in [0.1, 0.15) is 29.5 Å². The first-order valence-electron chi connectivity index (χ1n) is 8.08. The predicted molar refractivity (Wildman–Crippen MR) is 92.8 cm³/mol. The molecule has 1 aromatic rings. The van der Waals surface area contributed by atoms with Crippen LogP contribution in [0.4, 0.5) is 5.69 Å². The monoisotopic (exact) mass is 301 g/mol. The second-order valence-corrected chi connectivity index (χ2v) is 5.93. The van der Waals surface area contributed by atoms with Gasteiger partial charge in [-0.05, 0) is 60.6 Å². The van der Waals surface area contributed by atoms with Crippen molar-refractivity contribution in [2.45, 2.75) is 25.7 Å². The van der Waals surface area contributed by atoms with Crippen LogP contribution in [-0.4, -0.2) is 13.1 Å². The first-order valence-corrected chi connectivity index (χ1v) is 8.08. The third-order valence-electron chi connectivity index (χ3n) is 4.37. The van der Waals surface area contributed by atoms with E-state index in [0.29, 0.717) is 0 Å². The molecule has 0 aliphatic carbocycles.